The number of anilines is 2. The molecule has 4 rings (SSSR count). The zero-order valence-corrected chi connectivity index (χ0v) is 18.1. The summed E-state index contributed by atoms with van der Waals surface area (Å²) < 4.78 is 21.0. The lowest BCUT2D eigenvalue weighted by Crippen LogP contribution is -2.42. The number of carbonyl (C=O) groups excluding carboxylic acids is 1. The molecule has 7 nitrogen and oxygen atoms in total. The van der Waals surface area contributed by atoms with Gasteiger partial charge in [0.15, 0.2) is 0 Å². The molecule has 30 heavy (non-hydrogen) atoms. The van der Waals surface area contributed by atoms with E-state index in [1.165, 1.54) is 0 Å². The summed E-state index contributed by atoms with van der Waals surface area (Å²) in [7, 11) is 0. The van der Waals surface area contributed by atoms with Crippen LogP contribution in [0.25, 0.3) is 10.9 Å². The zero-order chi connectivity index (χ0) is 21.5. The molecule has 0 saturated carbocycles. The number of piperidine rings is 2. The van der Waals surface area contributed by atoms with E-state index in [9.17, 15) is 9.18 Å². The van der Waals surface area contributed by atoms with Crippen molar-refractivity contribution in [2.24, 2.45) is 0 Å². The van der Waals surface area contributed by atoms with E-state index >= 15 is 0 Å². The molecule has 0 radical (unpaired) electrons. The molecule has 1 amide bonds. The SMILES string of the molecule is CC(C)(C)OC(=O)N1CCC(n2cc3cc(N)c(N4CCC(F)CC4)cc3n2)CC1. The second-order valence-corrected chi connectivity index (χ2v) is 9.44. The van der Waals surface area contributed by atoms with Crippen molar-refractivity contribution < 1.29 is 13.9 Å². The number of benzene rings is 1. The van der Waals surface area contributed by atoms with Gasteiger partial charge < -0.3 is 20.3 Å². The smallest absolute Gasteiger partial charge is 0.410 e. The topological polar surface area (TPSA) is 76.6 Å². The molecular formula is C22H32FN5O2. The average molecular weight is 418 g/mol. The van der Waals surface area contributed by atoms with Crippen LogP contribution in [0.5, 0.6) is 0 Å². The molecule has 164 valence electrons. The van der Waals surface area contributed by atoms with Crippen LogP contribution in [0.2, 0.25) is 0 Å². The maximum absolute atomic E-state index is 13.5. The summed E-state index contributed by atoms with van der Waals surface area (Å²) in [5.74, 6) is 0. The van der Waals surface area contributed by atoms with Crippen LogP contribution in [-0.2, 0) is 4.74 Å². The molecule has 2 aromatic rings. The molecule has 2 saturated heterocycles. The quantitative estimate of drug-likeness (QED) is 0.744. The third kappa shape index (κ3) is 4.47. The van der Waals surface area contributed by atoms with Crippen LogP contribution in [0.3, 0.4) is 0 Å². The van der Waals surface area contributed by atoms with E-state index in [0.29, 0.717) is 44.7 Å². The van der Waals surface area contributed by atoms with Crippen LogP contribution in [0.4, 0.5) is 20.6 Å². The number of carbonyl (C=O) groups is 1. The first-order valence-corrected chi connectivity index (χ1v) is 10.8. The van der Waals surface area contributed by atoms with Gasteiger partial charge in [0.1, 0.15) is 11.8 Å². The van der Waals surface area contributed by atoms with E-state index in [2.05, 4.69) is 4.90 Å². The molecule has 1 aromatic heterocycles. The number of hydrogen-bond acceptors (Lipinski definition) is 5. The minimum Gasteiger partial charge on any atom is -0.444 e. The number of nitrogens with two attached hydrogens (primary N) is 1. The number of likely N-dealkylation sites (tertiary alicyclic amines) is 1. The fourth-order valence-corrected chi connectivity index (χ4v) is 4.29. The second-order valence-electron chi connectivity index (χ2n) is 9.44. The van der Waals surface area contributed by atoms with E-state index < -0.39 is 11.8 Å². The average Bonchev–Trinajstić information content (AvgIpc) is 3.10. The third-order valence-electron chi connectivity index (χ3n) is 5.93. The number of alkyl halides is 1. The Kier molecular flexibility index (Phi) is 5.51. The molecule has 8 heteroatoms. The summed E-state index contributed by atoms with van der Waals surface area (Å²) in [6.45, 7) is 8.32. The van der Waals surface area contributed by atoms with Gasteiger partial charge in [-0.1, -0.05) is 0 Å². The van der Waals surface area contributed by atoms with Crippen molar-refractivity contribution in [3.8, 4) is 0 Å². The van der Waals surface area contributed by atoms with Crippen molar-refractivity contribution in [3.05, 3.63) is 18.3 Å². The lowest BCUT2D eigenvalue weighted by Gasteiger charge is -2.33. The fraction of sp³-hybridized carbons (Fsp3) is 0.636. The Bertz CT molecular complexity index is 906. The Hall–Kier alpha value is -2.51. The largest absolute Gasteiger partial charge is 0.444 e. The van der Waals surface area contributed by atoms with E-state index in [0.717, 1.165) is 29.4 Å². The van der Waals surface area contributed by atoms with Crippen LogP contribution in [0, 0.1) is 0 Å². The highest BCUT2D eigenvalue weighted by Gasteiger charge is 2.28. The zero-order valence-electron chi connectivity index (χ0n) is 18.1. The predicted molar refractivity (Wildman–Crippen MR) is 117 cm³/mol. The molecule has 0 unspecified atom stereocenters. The van der Waals surface area contributed by atoms with E-state index in [1.54, 1.807) is 4.90 Å². The highest BCUT2D eigenvalue weighted by Crippen LogP contribution is 2.32. The lowest BCUT2D eigenvalue weighted by atomic mass is 10.1. The first-order chi connectivity index (χ1) is 14.2. The number of halogens is 1. The summed E-state index contributed by atoms with van der Waals surface area (Å²) in [5, 5.41) is 5.81. The van der Waals surface area contributed by atoms with Crippen LogP contribution >= 0.6 is 0 Å². The fourth-order valence-electron chi connectivity index (χ4n) is 4.29. The van der Waals surface area contributed by atoms with Crippen molar-refractivity contribution in [1.29, 1.82) is 0 Å². The standard InChI is InChI=1S/C22H32FN5O2/c1-22(2,3)30-21(29)27-10-6-17(7-11-27)28-14-15-12-18(24)20(13-19(15)25-28)26-8-4-16(23)5-9-26/h12-14,16-17H,4-11,24H2,1-3H3. The minimum absolute atomic E-state index is 0.239. The second kappa shape index (κ2) is 7.96. The Labute approximate surface area is 176 Å². The van der Waals surface area contributed by atoms with Gasteiger partial charge in [-0.25, -0.2) is 9.18 Å². The van der Waals surface area contributed by atoms with Gasteiger partial charge in [-0.3, -0.25) is 4.68 Å². The summed E-state index contributed by atoms with van der Waals surface area (Å²) >= 11 is 0. The maximum Gasteiger partial charge on any atom is 0.410 e. The molecular weight excluding hydrogens is 385 g/mol. The van der Waals surface area contributed by atoms with Gasteiger partial charge in [0, 0.05) is 37.8 Å². The molecule has 0 aliphatic carbocycles. The normalized spacial score (nSPS) is 19.5. The van der Waals surface area contributed by atoms with Crippen LogP contribution in [0.15, 0.2) is 18.3 Å². The van der Waals surface area contributed by atoms with Crippen molar-refractivity contribution in [2.75, 3.05) is 36.8 Å². The molecule has 0 bridgehead atoms. The first-order valence-electron chi connectivity index (χ1n) is 10.8. The van der Waals surface area contributed by atoms with Gasteiger partial charge in [0.25, 0.3) is 0 Å². The summed E-state index contributed by atoms with van der Waals surface area (Å²) in [4.78, 5) is 16.2. The number of nitrogens with zero attached hydrogens (tertiary/aromatic N) is 4. The monoisotopic (exact) mass is 417 g/mol. The number of aromatic nitrogens is 2. The predicted octanol–water partition coefficient (Wildman–Crippen LogP) is 4.13. The summed E-state index contributed by atoms with van der Waals surface area (Å²) in [6.07, 6.45) is 3.83. The highest BCUT2D eigenvalue weighted by molar-refractivity contribution is 5.89. The summed E-state index contributed by atoms with van der Waals surface area (Å²) in [5.41, 5.74) is 8.38. The van der Waals surface area contributed by atoms with Crippen molar-refractivity contribution in [3.63, 3.8) is 0 Å². The Balaban J connectivity index is 1.45. The van der Waals surface area contributed by atoms with Crippen molar-refractivity contribution in [1.82, 2.24) is 14.7 Å². The molecule has 2 fully saturated rings. The van der Waals surface area contributed by atoms with E-state index in [1.807, 2.05) is 43.8 Å². The van der Waals surface area contributed by atoms with E-state index in [4.69, 9.17) is 15.6 Å². The number of nitrogen functional groups attached to an aromatic ring is 1. The Morgan fingerprint density at radius 3 is 2.43 bits per heavy atom. The van der Waals surface area contributed by atoms with Gasteiger partial charge in [-0.15, -0.1) is 0 Å². The molecule has 2 aliphatic heterocycles. The first kappa shape index (κ1) is 20.8. The van der Waals surface area contributed by atoms with E-state index in [-0.39, 0.29) is 12.1 Å². The summed E-state index contributed by atoms with van der Waals surface area (Å²) in [6, 6.07) is 4.23. The number of amides is 1. The Morgan fingerprint density at radius 1 is 1.13 bits per heavy atom. The number of rotatable bonds is 2. The third-order valence-corrected chi connectivity index (χ3v) is 5.93. The molecule has 0 spiro atoms. The van der Waals surface area contributed by atoms with Gasteiger partial charge in [-0.2, -0.15) is 5.10 Å². The van der Waals surface area contributed by atoms with Gasteiger partial charge in [-0.05, 0) is 58.6 Å². The number of hydrogen-bond donors (Lipinski definition) is 1. The minimum atomic E-state index is -0.711. The van der Waals surface area contributed by atoms with Crippen LogP contribution < -0.4 is 10.6 Å². The number of fused-ring (bicyclic) bond motifs is 1. The van der Waals surface area contributed by atoms with Gasteiger partial charge in [0.05, 0.1) is 22.9 Å². The van der Waals surface area contributed by atoms with Crippen LogP contribution in [-0.4, -0.2) is 58.7 Å². The van der Waals surface area contributed by atoms with Crippen LogP contribution in [0.1, 0.15) is 52.5 Å². The lowest BCUT2D eigenvalue weighted by molar-refractivity contribution is 0.0185. The maximum atomic E-state index is 13.5. The molecule has 3 heterocycles. The number of ether oxygens (including phenoxy) is 1. The Morgan fingerprint density at radius 2 is 1.80 bits per heavy atom. The highest BCUT2D eigenvalue weighted by atomic mass is 19.1. The van der Waals surface area contributed by atoms with Crippen molar-refractivity contribution in [2.45, 2.75) is 64.3 Å². The molecule has 1 aromatic carbocycles. The van der Waals surface area contributed by atoms with Gasteiger partial charge in [0.2, 0.25) is 0 Å². The molecule has 0 atom stereocenters. The molecule has 2 N–H and O–H groups in total. The van der Waals surface area contributed by atoms with Gasteiger partial charge >= 0.3 is 6.09 Å². The van der Waals surface area contributed by atoms with Crippen molar-refractivity contribution >= 4 is 28.4 Å². The molecule has 2 aliphatic rings.